The van der Waals surface area contributed by atoms with Gasteiger partial charge in [0.25, 0.3) is 0 Å². The van der Waals surface area contributed by atoms with Gasteiger partial charge in [0.05, 0.1) is 19.6 Å². The summed E-state index contributed by atoms with van der Waals surface area (Å²) in [4.78, 5) is 18.2. The Morgan fingerprint density at radius 2 is 2.36 bits per heavy atom. The van der Waals surface area contributed by atoms with Crippen molar-refractivity contribution in [3.05, 3.63) is 42.7 Å². The fraction of sp³-hybridized carbons (Fsp3) is 0.471. The Morgan fingerprint density at radius 1 is 1.44 bits per heavy atom. The van der Waals surface area contributed by atoms with E-state index in [1.165, 1.54) is 18.5 Å². The number of likely N-dealkylation sites (tertiary alicyclic amines) is 1. The molecular weight excluding hydrogens is 325 g/mol. The average Bonchev–Trinajstić information content (AvgIpc) is 3.25. The van der Waals surface area contributed by atoms with Gasteiger partial charge in [-0.1, -0.05) is 6.07 Å². The number of aromatic nitrogens is 3. The first-order valence-electron chi connectivity index (χ1n) is 8.42. The van der Waals surface area contributed by atoms with Gasteiger partial charge < -0.3 is 10.1 Å². The Balaban J connectivity index is 1.37. The standard InChI is InChI=1S/C17H22FN5O2/c18-14-3-1-5-16(9-14)25-8-6-20-17(24)11-22-7-2-4-15(22)10-23-13-19-12-21-23/h1,3,5,9,12-13,15H,2,4,6-8,10-11H2,(H,20,24)/t15-/m1/s1. The summed E-state index contributed by atoms with van der Waals surface area (Å²) in [6.45, 7) is 2.70. The molecule has 0 unspecified atom stereocenters. The number of hydrogen-bond donors (Lipinski definition) is 1. The molecule has 1 aromatic heterocycles. The lowest BCUT2D eigenvalue weighted by Gasteiger charge is -2.23. The monoisotopic (exact) mass is 347 g/mol. The van der Waals surface area contributed by atoms with Crippen LogP contribution in [-0.2, 0) is 11.3 Å². The predicted octanol–water partition coefficient (Wildman–Crippen LogP) is 1.08. The minimum atomic E-state index is -0.339. The van der Waals surface area contributed by atoms with Gasteiger partial charge in [0.1, 0.15) is 30.8 Å². The molecule has 7 nitrogen and oxygen atoms in total. The molecule has 1 saturated heterocycles. The molecule has 1 atom stereocenters. The number of rotatable bonds is 8. The van der Waals surface area contributed by atoms with E-state index in [0.29, 0.717) is 31.5 Å². The number of nitrogens with one attached hydrogen (secondary N) is 1. The molecule has 1 amide bonds. The normalized spacial score (nSPS) is 17.6. The first-order chi connectivity index (χ1) is 12.2. The summed E-state index contributed by atoms with van der Waals surface area (Å²) in [6.07, 6.45) is 5.34. The molecule has 0 bridgehead atoms. The fourth-order valence-electron chi connectivity index (χ4n) is 3.01. The van der Waals surface area contributed by atoms with Gasteiger partial charge >= 0.3 is 0 Å². The zero-order valence-electron chi connectivity index (χ0n) is 14.0. The third kappa shape index (κ3) is 5.25. The van der Waals surface area contributed by atoms with E-state index in [1.54, 1.807) is 23.1 Å². The highest BCUT2D eigenvalue weighted by atomic mass is 19.1. The molecule has 134 valence electrons. The molecule has 25 heavy (non-hydrogen) atoms. The van der Waals surface area contributed by atoms with Gasteiger partial charge in [-0.2, -0.15) is 5.10 Å². The zero-order chi connectivity index (χ0) is 17.5. The second-order valence-corrected chi connectivity index (χ2v) is 6.04. The van der Waals surface area contributed by atoms with E-state index >= 15 is 0 Å². The molecule has 2 aromatic rings. The lowest BCUT2D eigenvalue weighted by atomic mass is 10.2. The van der Waals surface area contributed by atoms with Gasteiger partial charge in [-0.25, -0.2) is 9.37 Å². The molecule has 8 heteroatoms. The Kier molecular flexibility index (Phi) is 5.95. The van der Waals surface area contributed by atoms with Gasteiger partial charge in [-0.15, -0.1) is 0 Å². The highest BCUT2D eigenvalue weighted by molar-refractivity contribution is 5.78. The third-order valence-electron chi connectivity index (χ3n) is 4.20. The van der Waals surface area contributed by atoms with Crippen molar-refractivity contribution in [1.82, 2.24) is 25.0 Å². The van der Waals surface area contributed by atoms with E-state index in [1.807, 2.05) is 0 Å². The Hall–Kier alpha value is -2.48. The van der Waals surface area contributed by atoms with E-state index in [4.69, 9.17) is 4.74 Å². The van der Waals surface area contributed by atoms with Crippen molar-refractivity contribution in [2.75, 3.05) is 26.2 Å². The van der Waals surface area contributed by atoms with Crippen molar-refractivity contribution in [3.63, 3.8) is 0 Å². The summed E-state index contributed by atoms with van der Waals surface area (Å²) >= 11 is 0. The smallest absolute Gasteiger partial charge is 0.234 e. The summed E-state index contributed by atoms with van der Waals surface area (Å²) in [5, 5.41) is 6.96. The number of carbonyl (C=O) groups is 1. The van der Waals surface area contributed by atoms with Gasteiger partial charge in [-0.05, 0) is 31.5 Å². The van der Waals surface area contributed by atoms with Crippen LogP contribution in [0.4, 0.5) is 4.39 Å². The summed E-state index contributed by atoms with van der Waals surface area (Å²) in [6, 6.07) is 6.26. The maximum absolute atomic E-state index is 13.0. The first-order valence-corrected chi connectivity index (χ1v) is 8.42. The van der Waals surface area contributed by atoms with E-state index in [2.05, 4.69) is 20.3 Å². The number of carbonyl (C=O) groups excluding carboxylic acids is 1. The van der Waals surface area contributed by atoms with Crippen molar-refractivity contribution in [3.8, 4) is 5.75 Å². The lowest BCUT2D eigenvalue weighted by molar-refractivity contribution is -0.122. The van der Waals surface area contributed by atoms with Gasteiger partial charge in [0.15, 0.2) is 0 Å². The molecule has 0 radical (unpaired) electrons. The first kappa shape index (κ1) is 17.3. The van der Waals surface area contributed by atoms with Crippen LogP contribution in [0.25, 0.3) is 0 Å². The predicted molar refractivity (Wildman–Crippen MR) is 89.5 cm³/mol. The molecule has 3 rings (SSSR count). The van der Waals surface area contributed by atoms with Crippen LogP contribution in [-0.4, -0.2) is 57.9 Å². The highest BCUT2D eigenvalue weighted by Gasteiger charge is 2.26. The van der Waals surface area contributed by atoms with E-state index in [9.17, 15) is 9.18 Å². The lowest BCUT2D eigenvalue weighted by Crippen LogP contribution is -2.42. The quantitative estimate of drug-likeness (QED) is 0.724. The summed E-state index contributed by atoms with van der Waals surface area (Å²) in [5.41, 5.74) is 0. The van der Waals surface area contributed by atoms with Crippen LogP contribution in [0.15, 0.2) is 36.9 Å². The summed E-state index contributed by atoms with van der Waals surface area (Å²) < 4.78 is 20.2. The second-order valence-electron chi connectivity index (χ2n) is 6.04. The molecule has 1 fully saturated rings. The fourth-order valence-corrected chi connectivity index (χ4v) is 3.01. The Bertz CT molecular complexity index is 679. The summed E-state index contributed by atoms with van der Waals surface area (Å²) in [7, 11) is 0. The zero-order valence-corrected chi connectivity index (χ0v) is 14.0. The van der Waals surface area contributed by atoms with Crippen molar-refractivity contribution in [1.29, 1.82) is 0 Å². The number of ether oxygens (including phenoxy) is 1. The van der Waals surface area contributed by atoms with Crippen molar-refractivity contribution < 1.29 is 13.9 Å². The summed E-state index contributed by atoms with van der Waals surface area (Å²) in [5.74, 6) is 0.0870. The highest BCUT2D eigenvalue weighted by Crippen LogP contribution is 2.18. The maximum Gasteiger partial charge on any atom is 0.234 e. The van der Waals surface area contributed by atoms with Crippen LogP contribution in [0.3, 0.4) is 0 Å². The Morgan fingerprint density at radius 3 is 3.16 bits per heavy atom. The number of benzene rings is 1. The van der Waals surface area contributed by atoms with Crippen LogP contribution in [0.2, 0.25) is 0 Å². The molecule has 0 spiro atoms. The minimum Gasteiger partial charge on any atom is -0.492 e. The molecular formula is C17H22FN5O2. The molecule has 0 saturated carbocycles. The average molecular weight is 347 g/mol. The second kappa shape index (κ2) is 8.57. The molecule has 1 aromatic carbocycles. The van der Waals surface area contributed by atoms with Crippen LogP contribution >= 0.6 is 0 Å². The van der Waals surface area contributed by atoms with Crippen molar-refractivity contribution in [2.45, 2.75) is 25.4 Å². The Labute approximate surface area is 145 Å². The molecule has 1 N–H and O–H groups in total. The van der Waals surface area contributed by atoms with Crippen molar-refractivity contribution in [2.24, 2.45) is 0 Å². The van der Waals surface area contributed by atoms with Crippen LogP contribution < -0.4 is 10.1 Å². The number of hydrogen-bond acceptors (Lipinski definition) is 5. The largest absolute Gasteiger partial charge is 0.492 e. The minimum absolute atomic E-state index is 0.0340. The molecule has 1 aliphatic heterocycles. The topological polar surface area (TPSA) is 72.3 Å². The molecule has 2 heterocycles. The maximum atomic E-state index is 13.0. The molecule has 0 aliphatic carbocycles. The molecule has 1 aliphatic rings. The third-order valence-corrected chi connectivity index (χ3v) is 4.20. The number of halogens is 1. The number of nitrogens with zero attached hydrogens (tertiary/aromatic N) is 4. The van der Waals surface area contributed by atoms with Gasteiger partial charge in [-0.3, -0.25) is 14.4 Å². The van der Waals surface area contributed by atoms with E-state index in [0.717, 1.165) is 25.9 Å². The van der Waals surface area contributed by atoms with Crippen LogP contribution in [0.5, 0.6) is 5.75 Å². The SMILES string of the molecule is O=C(CN1CCC[C@@H]1Cn1cncn1)NCCOc1cccc(F)c1. The van der Waals surface area contributed by atoms with Crippen molar-refractivity contribution >= 4 is 5.91 Å². The number of amides is 1. The van der Waals surface area contributed by atoms with E-state index in [-0.39, 0.29) is 11.7 Å². The van der Waals surface area contributed by atoms with Gasteiger partial charge in [0.2, 0.25) is 5.91 Å². The van der Waals surface area contributed by atoms with E-state index < -0.39 is 0 Å². The van der Waals surface area contributed by atoms with Gasteiger partial charge in [0, 0.05) is 12.1 Å². The van der Waals surface area contributed by atoms with Crippen LogP contribution in [0.1, 0.15) is 12.8 Å². The van der Waals surface area contributed by atoms with Crippen LogP contribution in [0, 0.1) is 5.82 Å².